The van der Waals surface area contributed by atoms with Gasteiger partial charge in [0.1, 0.15) is 6.79 Å². The standard InChI is InChI=1S/C12H20O2/c13-8-14-7-12-4-9-1-10(5-12)3-11(2-9)6-12/h9-11,13H,1-8H2. The third kappa shape index (κ3) is 1.40. The number of aliphatic hydroxyl groups is 1. The van der Waals surface area contributed by atoms with Crippen molar-refractivity contribution in [3.63, 3.8) is 0 Å². The molecule has 0 saturated heterocycles. The lowest BCUT2D eigenvalue weighted by Crippen LogP contribution is -2.48. The molecule has 14 heavy (non-hydrogen) atoms. The van der Waals surface area contributed by atoms with Gasteiger partial charge in [0, 0.05) is 0 Å². The lowest BCUT2D eigenvalue weighted by molar-refractivity contribution is -0.120. The maximum atomic E-state index is 8.75. The topological polar surface area (TPSA) is 29.5 Å². The van der Waals surface area contributed by atoms with Crippen LogP contribution in [0.2, 0.25) is 0 Å². The van der Waals surface area contributed by atoms with Crippen molar-refractivity contribution in [2.75, 3.05) is 13.4 Å². The lowest BCUT2D eigenvalue weighted by Gasteiger charge is -2.56. The predicted octanol–water partition coefficient (Wildman–Crippen LogP) is 2.17. The van der Waals surface area contributed by atoms with E-state index in [0.29, 0.717) is 5.41 Å². The highest BCUT2D eigenvalue weighted by atomic mass is 16.6. The minimum Gasteiger partial charge on any atom is -0.371 e. The molecule has 4 saturated carbocycles. The summed E-state index contributed by atoms with van der Waals surface area (Å²) < 4.78 is 5.27. The van der Waals surface area contributed by atoms with Crippen LogP contribution < -0.4 is 0 Å². The average molecular weight is 196 g/mol. The molecule has 2 nitrogen and oxygen atoms in total. The van der Waals surface area contributed by atoms with Crippen LogP contribution in [0.4, 0.5) is 0 Å². The van der Waals surface area contributed by atoms with Crippen LogP contribution in [-0.2, 0) is 4.74 Å². The molecular formula is C12H20O2. The van der Waals surface area contributed by atoms with Gasteiger partial charge in [-0.1, -0.05) is 0 Å². The molecule has 4 bridgehead atoms. The Hall–Kier alpha value is -0.0800. The Labute approximate surface area is 85.6 Å². The SMILES string of the molecule is OCOCC12CC3CC(CC(C3)C1)C2. The van der Waals surface area contributed by atoms with E-state index in [1.165, 1.54) is 38.5 Å². The lowest BCUT2D eigenvalue weighted by atomic mass is 9.50. The summed E-state index contributed by atoms with van der Waals surface area (Å²) in [6.45, 7) is 0.717. The molecule has 0 aromatic carbocycles. The molecule has 0 heterocycles. The summed E-state index contributed by atoms with van der Waals surface area (Å²) in [5.41, 5.74) is 0.470. The summed E-state index contributed by atoms with van der Waals surface area (Å²) in [4.78, 5) is 0. The Bertz CT molecular complexity index is 189. The Morgan fingerprint density at radius 3 is 1.93 bits per heavy atom. The van der Waals surface area contributed by atoms with Gasteiger partial charge in [0.15, 0.2) is 0 Å². The average Bonchev–Trinajstić information content (AvgIpc) is 2.12. The maximum Gasteiger partial charge on any atom is 0.143 e. The zero-order valence-corrected chi connectivity index (χ0v) is 8.74. The van der Waals surface area contributed by atoms with Gasteiger partial charge in [0.25, 0.3) is 0 Å². The number of hydrogen-bond acceptors (Lipinski definition) is 2. The fraction of sp³-hybridized carbons (Fsp3) is 1.00. The summed E-state index contributed by atoms with van der Waals surface area (Å²) in [6.07, 6.45) is 8.58. The first-order valence-electron chi connectivity index (χ1n) is 5.98. The second-order valence-electron chi connectivity index (χ2n) is 5.90. The first-order chi connectivity index (χ1) is 6.80. The summed E-state index contributed by atoms with van der Waals surface area (Å²) in [5.74, 6) is 2.97. The molecule has 80 valence electrons. The molecule has 0 aromatic rings. The highest BCUT2D eigenvalue weighted by Gasteiger charge is 2.50. The van der Waals surface area contributed by atoms with E-state index in [1.807, 2.05) is 0 Å². The molecule has 0 aromatic heterocycles. The summed E-state index contributed by atoms with van der Waals surface area (Å²) in [5, 5.41) is 8.75. The van der Waals surface area contributed by atoms with Crippen LogP contribution in [0, 0.1) is 23.2 Å². The first-order valence-corrected chi connectivity index (χ1v) is 5.98. The Kier molecular flexibility index (Phi) is 2.10. The molecule has 4 fully saturated rings. The third-order valence-corrected chi connectivity index (χ3v) is 4.66. The van der Waals surface area contributed by atoms with Crippen molar-refractivity contribution in [1.82, 2.24) is 0 Å². The van der Waals surface area contributed by atoms with Crippen molar-refractivity contribution in [3.05, 3.63) is 0 Å². The Balaban J connectivity index is 1.74. The van der Waals surface area contributed by atoms with E-state index in [9.17, 15) is 0 Å². The monoisotopic (exact) mass is 196 g/mol. The van der Waals surface area contributed by atoms with Gasteiger partial charge in [-0.15, -0.1) is 0 Å². The van der Waals surface area contributed by atoms with E-state index >= 15 is 0 Å². The number of ether oxygens (including phenoxy) is 1. The molecular weight excluding hydrogens is 176 g/mol. The van der Waals surface area contributed by atoms with Crippen LogP contribution in [0.25, 0.3) is 0 Å². The Morgan fingerprint density at radius 1 is 1.00 bits per heavy atom. The molecule has 0 unspecified atom stereocenters. The van der Waals surface area contributed by atoms with Crippen molar-refractivity contribution in [2.45, 2.75) is 38.5 Å². The molecule has 2 heteroatoms. The first kappa shape index (κ1) is 9.17. The van der Waals surface area contributed by atoms with Crippen LogP contribution in [0.3, 0.4) is 0 Å². The largest absolute Gasteiger partial charge is 0.371 e. The van der Waals surface area contributed by atoms with E-state index in [0.717, 1.165) is 24.4 Å². The summed E-state index contributed by atoms with van der Waals surface area (Å²) in [7, 11) is 0. The molecule has 0 atom stereocenters. The van der Waals surface area contributed by atoms with Gasteiger partial charge in [-0.05, 0) is 61.7 Å². The summed E-state index contributed by atoms with van der Waals surface area (Å²) in [6, 6.07) is 0. The maximum absolute atomic E-state index is 8.75. The van der Waals surface area contributed by atoms with Crippen LogP contribution in [0.1, 0.15) is 38.5 Å². The van der Waals surface area contributed by atoms with E-state index in [-0.39, 0.29) is 6.79 Å². The molecule has 4 aliphatic rings. The third-order valence-electron chi connectivity index (χ3n) is 4.66. The van der Waals surface area contributed by atoms with Crippen molar-refractivity contribution in [3.8, 4) is 0 Å². The van der Waals surface area contributed by atoms with Gasteiger partial charge in [-0.3, -0.25) is 0 Å². The number of aliphatic hydroxyl groups excluding tert-OH is 1. The highest BCUT2D eigenvalue weighted by Crippen LogP contribution is 2.59. The van der Waals surface area contributed by atoms with Gasteiger partial charge < -0.3 is 9.84 Å². The van der Waals surface area contributed by atoms with Gasteiger partial charge >= 0.3 is 0 Å². The second kappa shape index (κ2) is 3.21. The highest BCUT2D eigenvalue weighted by molar-refractivity contribution is 5.01. The predicted molar refractivity (Wildman–Crippen MR) is 53.6 cm³/mol. The van der Waals surface area contributed by atoms with Crippen LogP contribution in [0.5, 0.6) is 0 Å². The molecule has 1 N–H and O–H groups in total. The van der Waals surface area contributed by atoms with Gasteiger partial charge in [0.05, 0.1) is 6.61 Å². The van der Waals surface area contributed by atoms with Crippen LogP contribution in [0.15, 0.2) is 0 Å². The fourth-order valence-electron chi connectivity index (χ4n) is 4.73. The Morgan fingerprint density at radius 2 is 1.50 bits per heavy atom. The molecule has 0 amide bonds. The second-order valence-corrected chi connectivity index (χ2v) is 5.90. The van der Waals surface area contributed by atoms with Gasteiger partial charge in [-0.25, -0.2) is 0 Å². The van der Waals surface area contributed by atoms with Crippen LogP contribution >= 0.6 is 0 Å². The molecule has 0 spiro atoms. The normalized spacial score (nSPS) is 49.9. The minimum absolute atomic E-state index is 0.0955. The molecule has 4 rings (SSSR count). The van der Waals surface area contributed by atoms with E-state index in [2.05, 4.69) is 0 Å². The molecule has 4 aliphatic carbocycles. The number of hydrogen-bond donors (Lipinski definition) is 1. The fourth-order valence-corrected chi connectivity index (χ4v) is 4.73. The molecule has 0 aliphatic heterocycles. The molecule has 0 radical (unpaired) electrons. The smallest absolute Gasteiger partial charge is 0.143 e. The zero-order valence-electron chi connectivity index (χ0n) is 8.74. The zero-order chi connectivity index (χ0) is 9.60. The van der Waals surface area contributed by atoms with Crippen molar-refractivity contribution >= 4 is 0 Å². The number of rotatable bonds is 3. The quantitative estimate of drug-likeness (QED) is 0.701. The van der Waals surface area contributed by atoms with Crippen LogP contribution in [-0.4, -0.2) is 18.5 Å². The summed E-state index contributed by atoms with van der Waals surface area (Å²) >= 11 is 0. The van der Waals surface area contributed by atoms with Crippen molar-refractivity contribution in [1.29, 1.82) is 0 Å². The van der Waals surface area contributed by atoms with Crippen molar-refractivity contribution in [2.24, 2.45) is 23.2 Å². The minimum atomic E-state index is -0.0955. The van der Waals surface area contributed by atoms with Gasteiger partial charge in [0.2, 0.25) is 0 Å². The van der Waals surface area contributed by atoms with E-state index in [4.69, 9.17) is 9.84 Å². The van der Waals surface area contributed by atoms with E-state index in [1.54, 1.807) is 0 Å². The van der Waals surface area contributed by atoms with Crippen molar-refractivity contribution < 1.29 is 9.84 Å². The van der Waals surface area contributed by atoms with Gasteiger partial charge in [-0.2, -0.15) is 0 Å². The van der Waals surface area contributed by atoms with E-state index < -0.39 is 0 Å².